The molecule has 0 bridgehead atoms. The number of aliphatic carboxylic acids is 1. The van der Waals surface area contributed by atoms with Crippen molar-refractivity contribution < 1.29 is 33.4 Å². The summed E-state index contributed by atoms with van der Waals surface area (Å²) in [5.74, 6) is 0.607. The minimum absolute atomic E-state index is 0.0555. The van der Waals surface area contributed by atoms with Crippen molar-refractivity contribution >= 4 is 11.9 Å². The van der Waals surface area contributed by atoms with Gasteiger partial charge in [-0.05, 0) is 30.5 Å². The summed E-state index contributed by atoms with van der Waals surface area (Å²) >= 11 is 0. The molecule has 2 aliphatic rings. The fraction of sp³-hybridized carbons (Fsp3) is 0.645. The lowest BCUT2D eigenvalue weighted by Crippen LogP contribution is -2.45. The van der Waals surface area contributed by atoms with Crippen LogP contribution in [0, 0.1) is 5.92 Å². The monoisotopic (exact) mass is 586 g/mol. The molecule has 0 radical (unpaired) electrons. The van der Waals surface area contributed by atoms with Gasteiger partial charge in [-0.3, -0.25) is 14.5 Å². The fourth-order valence-electron chi connectivity index (χ4n) is 6.19. The second-order valence-electron chi connectivity index (χ2n) is 12.5. The maximum atomic E-state index is 13.8. The average molecular weight is 587 g/mol. The van der Waals surface area contributed by atoms with Crippen LogP contribution in [0.15, 0.2) is 24.5 Å². The van der Waals surface area contributed by atoms with Gasteiger partial charge in [0.15, 0.2) is 11.5 Å². The van der Waals surface area contributed by atoms with E-state index < -0.39 is 11.9 Å². The van der Waals surface area contributed by atoms with Crippen molar-refractivity contribution in [3.05, 3.63) is 35.9 Å². The number of carboxylic acids is 1. The van der Waals surface area contributed by atoms with E-state index in [1.165, 1.54) is 0 Å². The third kappa shape index (κ3) is 7.55. The molecule has 42 heavy (non-hydrogen) atoms. The smallest absolute Gasteiger partial charge is 0.308 e. The minimum Gasteiger partial charge on any atom is -0.493 e. The highest BCUT2D eigenvalue weighted by molar-refractivity contribution is 5.79. The van der Waals surface area contributed by atoms with Crippen LogP contribution in [0.25, 0.3) is 0 Å². The number of aromatic nitrogens is 2. The van der Waals surface area contributed by atoms with Gasteiger partial charge in [0.2, 0.25) is 18.4 Å². The van der Waals surface area contributed by atoms with Crippen molar-refractivity contribution in [2.75, 3.05) is 67.8 Å². The van der Waals surface area contributed by atoms with Gasteiger partial charge < -0.3 is 33.3 Å². The van der Waals surface area contributed by atoms with Crippen LogP contribution >= 0.6 is 0 Å². The maximum absolute atomic E-state index is 13.8. The van der Waals surface area contributed by atoms with Crippen LogP contribution in [0.4, 0.5) is 0 Å². The zero-order chi connectivity index (χ0) is 30.4. The van der Waals surface area contributed by atoms with Crippen molar-refractivity contribution in [2.24, 2.45) is 13.0 Å². The topological polar surface area (TPSA) is 106 Å². The Kier molecular flexibility index (Phi) is 10.4. The Labute approximate surface area is 249 Å². The van der Waals surface area contributed by atoms with Crippen LogP contribution in [-0.4, -0.2) is 115 Å². The summed E-state index contributed by atoms with van der Waals surface area (Å²) in [6.45, 7) is 5.23. The third-order valence-electron chi connectivity index (χ3n) is 8.46. The second kappa shape index (κ2) is 13.8. The molecule has 11 nitrogen and oxygen atoms in total. The molecule has 4 rings (SSSR count). The number of likely N-dealkylation sites (tertiary alicyclic amines) is 1. The molecule has 1 fully saturated rings. The Balaban J connectivity index is 1.61. The molecule has 0 spiro atoms. The van der Waals surface area contributed by atoms with Gasteiger partial charge in [0.1, 0.15) is 5.82 Å². The van der Waals surface area contributed by atoms with E-state index in [1.54, 1.807) is 13.3 Å². The van der Waals surface area contributed by atoms with E-state index in [9.17, 15) is 14.7 Å². The molecule has 1 amide bonds. The molecule has 2 aliphatic heterocycles. The number of imidazole rings is 1. The van der Waals surface area contributed by atoms with E-state index in [0.29, 0.717) is 49.7 Å². The summed E-state index contributed by atoms with van der Waals surface area (Å²) in [7, 11) is 9.98. The number of ether oxygens (including phenoxy) is 3. The summed E-state index contributed by atoms with van der Waals surface area (Å²) < 4.78 is 19.6. The standard InChI is InChI=1S/C31H47N5O6/c1-7-8-13-34(14-9-16-36(3,4)5)28(37)20-35-19-23(22-17-25(40-6)30-26(18-22)41-21-42-30)29(31(38)39)24(35)10-11-27-32-12-15-33(27)2/h12,15,17-18,23-24,29H,7-11,13-14,16,19-21H2,1-6H3/p+1/t23-,24+,29?/m1/s1. The van der Waals surface area contributed by atoms with Gasteiger partial charge in [-0.15, -0.1) is 0 Å². The number of carbonyl (C=O) groups excluding carboxylic acids is 1. The maximum Gasteiger partial charge on any atom is 0.308 e. The lowest BCUT2D eigenvalue weighted by atomic mass is 9.83. The molecular weight excluding hydrogens is 538 g/mol. The number of quaternary nitrogens is 1. The summed E-state index contributed by atoms with van der Waals surface area (Å²) in [6, 6.07) is 3.38. The van der Waals surface area contributed by atoms with Crippen LogP contribution < -0.4 is 14.2 Å². The number of hydrogen-bond donors (Lipinski definition) is 1. The number of nitrogens with zero attached hydrogens (tertiary/aromatic N) is 5. The number of unbranched alkanes of at least 4 members (excludes halogenated alkanes) is 1. The van der Waals surface area contributed by atoms with Gasteiger partial charge in [-0.2, -0.15) is 0 Å². The molecule has 2 aromatic rings. The molecule has 1 unspecified atom stereocenters. The zero-order valence-electron chi connectivity index (χ0n) is 26.0. The Morgan fingerprint density at radius 1 is 1.19 bits per heavy atom. The Morgan fingerprint density at radius 3 is 2.60 bits per heavy atom. The number of methoxy groups -OCH3 is 1. The molecule has 0 aliphatic carbocycles. The SMILES string of the molecule is CCCCN(CCC[N+](C)(C)C)C(=O)CN1C[C@H](c2cc(OC)c3c(c2)OCO3)C(C(=O)O)[C@@H]1CCc1nccn1C. The molecule has 232 valence electrons. The lowest BCUT2D eigenvalue weighted by molar-refractivity contribution is -0.870. The highest BCUT2D eigenvalue weighted by Crippen LogP contribution is 2.47. The summed E-state index contributed by atoms with van der Waals surface area (Å²) in [5, 5.41) is 10.6. The number of fused-ring (bicyclic) bond motifs is 1. The van der Waals surface area contributed by atoms with Gasteiger partial charge in [0, 0.05) is 63.9 Å². The van der Waals surface area contributed by atoms with Crippen molar-refractivity contribution in [3.63, 3.8) is 0 Å². The highest BCUT2D eigenvalue weighted by atomic mass is 16.7. The first-order valence-corrected chi connectivity index (χ1v) is 15.0. The number of carbonyl (C=O) groups is 2. The zero-order valence-corrected chi connectivity index (χ0v) is 26.0. The Morgan fingerprint density at radius 2 is 1.95 bits per heavy atom. The number of aryl methyl sites for hydroxylation is 2. The molecular formula is C31H48N5O6+. The number of rotatable bonds is 15. The van der Waals surface area contributed by atoms with E-state index in [4.69, 9.17) is 14.2 Å². The van der Waals surface area contributed by atoms with Gasteiger partial charge >= 0.3 is 5.97 Å². The molecule has 1 aromatic heterocycles. The number of amides is 1. The van der Waals surface area contributed by atoms with Crippen LogP contribution in [0.3, 0.4) is 0 Å². The molecule has 1 saturated heterocycles. The third-order valence-corrected chi connectivity index (χ3v) is 8.46. The predicted octanol–water partition coefficient (Wildman–Crippen LogP) is 2.98. The van der Waals surface area contributed by atoms with Crippen molar-refractivity contribution in [3.8, 4) is 17.2 Å². The van der Waals surface area contributed by atoms with Crippen molar-refractivity contribution in [1.29, 1.82) is 0 Å². The first-order valence-electron chi connectivity index (χ1n) is 15.0. The number of benzene rings is 1. The van der Waals surface area contributed by atoms with Gasteiger partial charge in [0.05, 0.1) is 47.3 Å². The molecule has 1 N–H and O–H groups in total. The van der Waals surface area contributed by atoms with Crippen LogP contribution in [0.1, 0.15) is 49.9 Å². The fourth-order valence-corrected chi connectivity index (χ4v) is 6.19. The largest absolute Gasteiger partial charge is 0.493 e. The first kappa shape index (κ1) is 31.6. The van der Waals surface area contributed by atoms with E-state index in [1.807, 2.05) is 34.8 Å². The van der Waals surface area contributed by atoms with Crippen molar-refractivity contribution in [1.82, 2.24) is 19.4 Å². The first-order chi connectivity index (χ1) is 20.0. The van der Waals surface area contributed by atoms with Crippen LogP contribution in [-0.2, 0) is 23.1 Å². The normalized spacial score (nSPS) is 20.2. The molecule has 0 saturated carbocycles. The number of hydrogen-bond acceptors (Lipinski definition) is 7. The number of carboxylic acid groups (broad SMARTS) is 1. The van der Waals surface area contributed by atoms with Crippen molar-refractivity contribution in [2.45, 2.75) is 51.0 Å². The predicted molar refractivity (Wildman–Crippen MR) is 159 cm³/mol. The second-order valence-corrected chi connectivity index (χ2v) is 12.5. The highest BCUT2D eigenvalue weighted by Gasteiger charge is 2.47. The van der Waals surface area contributed by atoms with Gasteiger partial charge in [-0.25, -0.2) is 4.98 Å². The summed E-state index contributed by atoms with van der Waals surface area (Å²) in [4.78, 5) is 35.3. The summed E-state index contributed by atoms with van der Waals surface area (Å²) in [6.07, 6.45) is 7.69. The van der Waals surface area contributed by atoms with E-state index in [-0.39, 0.29) is 31.2 Å². The Hall–Kier alpha value is -3.31. The molecule has 1 aromatic carbocycles. The molecule has 3 atom stereocenters. The Bertz CT molecular complexity index is 1220. The van der Waals surface area contributed by atoms with Crippen LogP contribution in [0.5, 0.6) is 17.2 Å². The van der Waals surface area contributed by atoms with Gasteiger partial charge in [-0.1, -0.05) is 13.3 Å². The van der Waals surface area contributed by atoms with E-state index >= 15 is 0 Å². The minimum atomic E-state index is -0.873. The lowest BCUT2D eigenvalue weighted by Gasteiger charge is -2.30. The average Bonchev–Trinajstić information content (AvgIpc) is 3.66. The van der Waals surface area contributed by atoms with E-state index in [0.717, 1.165) is 41.7 Å². The summed E-state index contributed by atoms with van der Waals surface area (Å²) in [5.41, 5.74) is 0.811. The quantitative estimate of drug-likeness (QED) is 0.318. The molecule has 3 heterocycles. The van der Waals surface area contributed by atoms with Gasteiger partial charge in [0.25, 0.3) is 0 Å². The van der Waals surface area contributed by atoms with Crippen LogP contribution in [0.2, 0.25) is 0 Å². The van der Waals surface area contributed by atoms with E-state index in [2.05, 4.69) is 38.0 Å². The molecule has 11 heteroatoms.